The second kappa shape index (κ2) is 22.1. The minimum Gasteiger partial charge on any atom is -0.341 e. The Morgan fingerprint density at radius 2 is 1.07 bits per heavy atom. The zero-order valence-corrected chi connectivity index (χ0v) is 20.1. The summed E-state index contributed by atoms with van der Waals surface area (Å²) in [5, 5.41) is 5.98. The average Bonchev–Trinajstić information content (AvgIpc) is 2.75. The van der Waals surface area contributed by atoms with Crippen molar-refractivity contribution in [1.29, 1.82) is 0 Å². The van der Waals surface area contributed by atoms with Crippen molar-refractivity contribution in [3.05, 3.63) is 35.9 Å². The van der Waals surface area contributed by atoms with Crippen molar-refractivity contribution in [3.8, 4) is 0 Å². The molecule has 1 aromatic carbocycles. The smallest absolute Gasteiger partial charge is 0.101 e. The van der Waals surface area contributed by atoms with E-state index < -0.39 is 0 Å². The van der Waals surface area contributed by atoms with Gasteiger partial charge in [0, 0.05) is 22.4 Å². The number of unbranched alkanes of at least 4 members (excludes halogenated alkanes) is 14. The van der Waals surface area contributed by atoms with Crippen LogP contribution in [0.3, 0.4) is 0 Å². The van der Waals surface area contributed by atoms with Gasteiger partial charge in [-0.05, 0) is 13.0 Å². The van der Waals surface area contributed by atoms with Crippen LogP contribution in [0.15, 0.2) is 30.3 Å². The van der Waals surface area contributed by atoms with Gasteiger partial charge in [0.1, 0.15) is 6.54 Å². The van der Waals surface area contributed by atoms with E-state index in [1.54, 1.807) is 0 Å². The van der Waals surface area contributed by atoms with E-state index in [1.165, 1.54) is 121 Å². The third kappa shape index (κ3) is 19.1. The van der Waals surface area contributed by atoms with Gasteiger partial charge in [0.25, 0.3) is 0 Å². The van der Waals surface area contributed by atoms with Crippen LogP contribution in [0.4, 0.5) is 0 Å². The lowest BCUT2D eigenvalue weighted by Gasteiger charge is -2.05. The van der Waals surface area contributed by atoms with Gasteiger partial charge in [-0.15, -0.1) is 0 Å². The Kier molecular flexibility index (Phi) is 20.1. The molecule has 0 fully saturated rings. The fourth-order valence-corrected chi connectivity index (χ4v) is 4.14. The number of hydrogen-bond acceptors (Lipinski definition) is 1. The summed E-state index contributed by atoms with van der Waals surface area (Å²) < 4.78 is 0. The minimum atomic E-state index is 1.10. The molecular weight excluding hydrogens is 368 g/mol. The number of quaternary nitrogens is 1. The molecule has 3 N–H and O–H groups in total. The van der Waals surface area contributed by atoms with E-state index in [0.717, 1.165) is 13.1 Å². The molecule has 3 radical (unpaired) electrons. The van der Waals surface area contributed by atoms with E-state index in [0.29, 0.717) is 0 Å². The summed E-state index contributed by atoms with van der Waals surface area (Å²) in [7, 11) is 3.55. The van der Waals surface area contributed by atoms with Gasteiger partial charge in [-0.3, -0.25) is 0 Å². The van der Waals surface area contributed by atoms with Gasteiger partial charge in [-0.2, -0.15) is 0 Å². The molecule has 0 aromatic heterocycles. The van der Waals surface area contributed by atoms with Crippen LogP contribution in [-0.4, -0.2) is 29.9 Å². The van der Waals surface area contributed by atoms with Gasteiger partial charge >= 0.3 is 0 Å². The van der Waals surface area contributed by atoms with Crippen LogP contribution in [0.5, 0.6) is 0 Å². The summed E-state index contributed by atoms with van der Waals surface area (Å²) in [6, 6.07) is 11.9. The summed E-state index contributed by atoms with van der Waals surface area (Å²) in [4.78, 5) is 0. The first-order valence-corrected chi connectivity index (χ1v) is 13.3. The van der Waals surface area contributed by atoms with E-state index in [1.807, 2.05) is 0 Å². The molecule has 0 atom stereocenters. The van der Waals surface area contributed by atoms with Crippen molar-refractivity contribution in [1.82, 2.24) is 5.32 Å². The summed E-state index contributed by atoms with van der Waals surface area (Å²) >= 11 is 0. The van der Waals surface area contributed by atoms with Crippen LogP contribution in [0.25, 0.3) is 0 Å². The predicted octanol–water partition coefficient (Wildman–Crippen LogP) is 5.78. The zero-order chi connectivity index (χ0) is 20.7. The number of hydrogen-bond donors (Lipinski definition) is 2. The van der Waals surface area contributed by atoms with Gasteiger partial charge in [-0.25, -0.2) is 0 Å². The first-order chi connectivity index (χ1) is 14.4. The molecule has 0 unspecified atom stereocenters. The Morgan fingerprint density at radius 3 is 1.59 bits per heavy atom. The van der Waals surface area contributed by atoms with Crippen LogP contribution < -0.4 is 10.6 Å². The zero-order valence-electron chi connectivity index (χ0n) is 19.1. The maximum Gasteiger partial charge on any atom is 0.101 e. The molecule has 0 spiro atoms. The predicted molar refractivity (Wildman–Crippen MR) is 130 cm³/mol. The molecule has 1 aromatic rings. The van der Waals surface area contributed by atoms with E-state index in [9.17, 15) is 0 Å². The van der Waals surface area contributed by atoms with Crippen molar-refractivity contribution >= 4 is 10.2 Å². The standard InChI is InChI=1S/C26H47N2Si/c29-24-18-13-11-9-7-5-3-1-2-4-6-8-10-12-17-21-27-22-23-28-25-26-19-15-14-16-20-26/h14-16,19-20,27-28H,1-13,17-18,21-25H2/p+1. The van der Waals surface area contributed by atoms with E-state index in [4.69, 9.17) is 0 Å². The maximum atomic E-state index is 3.59. The highest BCUT2D eigenvalue weighted by atomic mass is 28.1. The van der Waals surface area contributed by atoms with Crippen LogP contribution >= 0.6 is 0 Å². The Bertz CT molecular complexity index is 424. The van der Waals surface area contributed by atoms with Crippen molar-refractivity contribution in [2.45, 2.75) is 109 Å². The quantitative estimate of drug-likeness (QED) is 0.182. The molecule has 2 nitrogen and oxygen atoms in total. The summed E-state index contributed by atoms with van der Waals surface area (Å²) in [6.07, 6.45) is 21.5. The molecule has 0 amide bonds. The molecule has 1 rings (SSSR count). The van der Waals surface area contributed by atoms with Gasteiger partial charge < -0.3 is 10.6 Å². The second-order valence-electron chi connectivity index (χ2n) is 8.57. The minimum absolute atomic E-state index is 1.10. The largest absolute Gasteiger partial charge is 0.341 e. The fourth-order valence-electron chi connectivity index (χ4n) is 3.89. The number of nitrogens with two attached hydrogens (primary N) is 1. The van der Waals surface area contributed by atoms with E-state index in [2.05, 4.69) is 51.2 Å². The molecule has 0 saturated carbocycles. The lowest BCUT2D eigenvalue weighted by Crippen LogP contribution is -2.84. The molecule has 0 saturated heterocycles. The first kappa shape index (κ1) is 26.4. The SMILES string of the molecule is [Si]CCCCCCCCCCCCCCCCCNCC[NH2+]Cc1ccccc1. The molecule has 3 heteroatoms. The Labute approximate surface area is 185 Å². The molecule has 29 heavy (non-hydrogen) atoms. The third-order valence-corrected chi connectivity index (χ3v) is 6.13. The molecule has 0 aliphatic rings. The molecule has 0 aliphatic heterocycles. The van der Waals surface area contributed by atoms with Gasteiger partial charge in [0.05, 0.1) is 6.54 Å². The van der Waals surface area contributed by atoms with Crippen molar-refractivity contribution in [3.63, 3.8) is 0 Å². The lowest BCUT2D eigenvalue weighted by atomic mass is 10.0. The molecule has 0 aliphatic carbocycles. The van der Waals surface area contributed by atoms with Crippen molar-refractivity contribution in [2.75, 3.05) is 19.6 Å². The highest BCUT2D eigenvalue weighted by Crippen LogP contribution is 2.13. The Hall–Kier alpha value is -0.643. The Morgan fingerprint density at radius 1 is 0.586 bits per heavy atom. The molecule has 0 bridgehead atoms. The lowest BCUT2D eigenvalue weighted by molar-refractivity contribution is -0.668. The van der Waals surface area contributed by atoms with Crippen LogP contribution in [0, 0.1) is 0 Å². The summed E-state index contributed by atoms with van der Waals surface area (Å²) in [5.41, 5.74) is 1.42. The van der Waals surface area contributed by atoms with Crippen LogP contribution in [0.2, 0.25) is 6.04 Å². The van der Waals surface area contributed by atoms with Crippen LogP contribution in [0.1, 0.15) is 102 Å². The third-order valence-electron chi connectivity index (χ3n) is 5.78. The van der Waals surface area contributed by atoms with Crippen molar-refractivity contribution < 1.29 is 5.32 Å². The van der Waals surface area contributed by atoms with Gasteiger partial charge in [-0.1, -0.05) is 126 Å². The highest BCUT2D eigenvalue weighted by Gasteiger charge is 1.96. The molecule has 0 heterocycles. The normalized spacial score (nSPS) is 11.2. The number of benzene rings is 1. The fraction of sp³-hybridized carbons (Fsp3) is 0.769. The first-order valence-electron chi connectivity index (χ1n) is 12.6. The highest BCUT2D eigenvalue weighted by molar-refractivity contribution is 6.08. The van der Waals surface area contributed by atoms with Gasteiger partial charge in [0.15, 0.2) is 0 Å². The maximum absolute atomic E-state index is 3.59. The number of rotatable bonds is 22. The topological polar surface area (TPSA) is 28.6 Å². The molecular formula is C26H48N2Si+. The average molecular weight is 417 g/mol. The van der Waals surface area contributed by atoms with E-state index >= 15 is 0 Å². The Balaban J connectivity index is 1.66. The van der Waals surface area contributed by atoms with Crippen molar-refractivity contribution in [2.24, 2.45) is 0 Å². The summed E-state index contributed by atoms with van der Waals surface area (Å²) in [5.74, 6) is 0. The monoisotopic (exact) mass is 416 g/mol. The number of nitrogens with one attached hydrogen (secondary N) is 1. The van der Waals surface area contributed by atoms with Crippen LogP contribution in [-0.2, 0) is 6.54 Å². The van der Waals surface area contributed by atoms with E-state index in [-0.39, 0.29) is 0 Å². The second-order valence-corrected chi connectivity index (χ2v) is 9.07. The molecule has 165 valence electrons. The van der Waals surface area contributed by atoms with Gasteiger partial charge in [0.2, 0.25) is 0 Å². The summed E-state index contributed by atoms with van der Waals surface area (Å²) in [6.45, 7) is 4.59.